The van der Waals surface area contributed by atoms with Gasteiger partial charge in [0.25, 0.3) is 0 Å². The number of carbonyl (C=O) groups is 1. The second-order valence-electron chi connectivity index (χ2n) is 6.19. The Morgan fingerprint density at radius 3 is 2.60 bits per heavy atom. The fourth-order valence-electron chi connectivity index (χ4n) is 2.98. The fourth-order valence-corrected chi connectivity index (χ4v) is 3.19. The van der Waals surface area contributed by atoms with Crippen molar-refractivity contribution in [1.82, 2.24) is 15.2 Å². The SMILES string of the molecule is O=C(CCN1CCN(c2ccncc2)CC1)NCc1cccc(Cl)c1. The van der Waals surface area contributed by atoms with E-state index in [-0.39, 0.29) is 5.91 Å². The van der Waals surface area contributed by atoms with Crippen LogP contribution in [0.15, 0.2) is 48.8 Å². The van der Waals surface area contributed by atoms with Gasteiger partial charge in [0.15, 0.2) is 0 Å². The summed E-state index contributed by atoms with van der Waals surface area (Å²) in [5.41, 5.74) is 2.24. The maximum atomic E-state index is 12.0. The first kappa shape index (κ1) is 17.7. The highest BCUT2D eigenvalue weighted by Crippen LogP contribution is 2.15. The number of pyridine rings is 1. The van der Waals surface area contributed by atoms with Gasteiger partial charge in [0.2, 0.25) is 5.91 Å². The van der Waals surface area contributed by atoms with Gasteiger partial charge < -0.3 is 10.2 Å². The van der Waals surface area contributed by atoms with Gasteiger partial charge >= 0.3 is 0 Å². The third-order valence-corrected chi connectivity index (χ3v) is 4.67. The minimum Gasteiger partial charge on any atom is -0.369 e. The molecule has 1 aliphatic rings. The maximum Gasteiger partial charge on any atom is 0.221 e. The number of aromatic nitrogens is 1. The number of benzene rings is 1. The summed E-state index contributed by atoms with van der Waals surface area (Å²) in [4.78, 5) is 20.8. The zero-order valence-electron chi connectivity index (χ0n) is 14.2. The van der Waals surface area contributed by atoms with E-state index in [4.69, 9.17) is 11.6 Å². The van der Waals surface area contributed by atoms with E-state index in [2.05, 4.69) is 20.1 Å². The topological polar surface area (TPSA) is 48.5 Å². The summed E-state index contributed by atoms with van der Waals surface area (Å²) in [5, 5.41) is 3.65. The van der Waals surface area contributed by atoms with E-state index >= 15 is 0 Å². The third-order valence-electron chi connectivity index (χ3n) is 4.43. The Balaban J connectivity index is 1.36. The lowest BCUT2D eigenvalue weighted by Gasteiger charge is -2.35. The molecular formula is C19H23ClN4O. The smallest absolute Gasteiger partial charge is 0.221 e. The van der Waals surface area contributed by atoms with Crippen LogP contribution in [-0.4, -0.2) is 48.5 Å². The van der Waals surface area contributed by atoms with Crippen molar-refractivity contribution in [1.29, 1.82) is 0 Å². The minimum atomic E-state index is 0.0801. The van der Waals surface area contributed by atoms with Crippen molar-refractivity contribution in [3.8, 4) is 0 Å². The van der Waals surface area contributed by atoms with Gasteiger partial charge in [0.05, 0.1) is 0 Å². The van der Waals surface area contributed by atoms with Crippen LogP contribution < -0.4 is 10.2 Å². The lowest BCUT2D eigenvalue weighted by Crippen LogP contribution is -2.47. The third kappa shape index (κ3) is 5.44. The molecule has 0 unspecified atom stereocenters. The first-order chi connectivity index (χ1) is 12.2. The predicted molar refractivity (Wildman–Crippen MR) is 101 cm³/mol. The highest BCUT2D eigenvalue weighted by molar-refractivity contribution is 6.30. The molecule has 0 aliphatic carbocycles. The maximum absolute atomic E-state index is 12.0. The van der Waals surface area contributed by atoms with Crippen molar-refractivity contribution < 1.29 is 4.79 Å². The van der Waals surface area contributed by atoms with Gasteiger partial charge in [-0.25, -0.2) is 0 Å². The molecule has 2 heterocycles. The molecular weight excluding hydrogens is 336 g/mol. The zero-order chi connectivity index (χ0) is 17.5. The van der Waals surface area contributed by atoms with Crippen molar-refractivity contribution in [2.24, 2.45) is 0 Å². The number of amides is 1. The minimum absolute atomic E-state index is 0.0801. The lowest BCUT2D eigenvalue weighted by atomic mass is 10.2. The van der Waals surface area contributed by atoms with Crippen molar-refractivity contribution in [2.75, 3.05) is 37.6 Å². The second-order valence-corrected chi connectivity index (χ2v) is 6.63. The summed E-state index contributed by atoms with van der Waals surface area (Å²) in [7, 11) is 0. The summed E-state index contributed by atoms with van der Waals surface area (Å²) < 4.78 is 0. The summed E-state index contributed by atoms with van der Waals surface area (Å²) in [6, 6.07) is 11.6. The van der Waals surface area contributed by atoms with Gasteiger partial charge in [-0.05, 0) is 29.8 Å². The normalized spacial score (nSPS) is 15.2. The van der Waals surface area contributed by atoms with Gasteiger partial charge in [0, 0.05) is 68.8 Å². The number of rotatable bonds is 6. The molecule has 1 aliphatic heterocycles. The standard InChI is InChI=1S/C19H23ClN4O/c20-17-3-1-2-16(14-17)15-22-19(25)6-9-23-10-12-24(13-11-23)18-4-7-21-8-5-18/h1-5,7-8,14H,6,9-13,15H2,(H,22,25). The molecule has 5 nitrogen and oxygen atoms in total. The first-order valence-corrected chi connectivity index (χ1v) is 8.97. The summed E-state index contributed by atoms with van der Waals surface area (Å²) >= 11 is 5.95. The van der Waals surface area contributed by atoms with Crippen LogP contribution in [0.3, 0.4) is 0 Å². The molecule has 1 N–H and O–H groups in total. The number of piperazine rings is 1. The van der Waals surface area contributed by atoms with Crippen LogP contribution in [0.25, 0.3) is 0 Å². The van der Waals surface area contributed by atoms with Gasteiger partial charge in [0.1, 0.15) is 0 Å². The van der Waals surface area contributed by atoms with Gasteiger partial charge in [-0.1, -0.05) is 23.7 Å². The molecule has 3 rings (SSSR count). The Bertz CT molecular complexity index is 687. The van der Waals surface area contributed by atoms with Gasteiger partial charge in [-0.2, -0.15) is 0 Å². The van der Waals surface area contributed by atoms with Crippen LogP contribution in [0, 0.1) is 0 Å². The van der Waals surface area contributed by atoms with Gasteiger partial charge in [-0.3, -0.25) is 14.7 Å². The molecule has 2 aromatic rings. The highest BCUT2D eigenvalue weighted by atomic mass is 35.5. The number of hydrogen-bond donors (Lipinski definition) is 1. The molecule has 1 saturated heterocycles. The van der Waals surface area contributed by atoms with Crippen molar-refractivity contribution >= 4 is 23.2 Å². The second kappa shape index (κ2) is 8.83. The monoisotopic (exact) mass is 358 g/mol. The predicted octanol–water partition coefficient (Wildman–Crippen LogP) is 2.56. The number of nitrogens with zero attached hydrogens (tertiary/aromatic N) is 3. The van der Waals surface area contributed by atoms with E-state index < -0.39 is 0 Å². The molecule has 0 saturated carbocycles. The van der Waals surface area contributed by atoms with Crippen LogP contribution >= 0.6 is 11.6 Å². The van der Waals surface area contributed by atoms with E-state index in [1.54, 1.807) is 0 Å². The van der Waals surface area contributed by atoms with Crippen molar-refractivity contribution in [3.63, 3.8) is 0 Å². The largest absolute Gasteiger partial charge is 0.369 e. The van der Waals surface area contributed by atoms with Crippen molar-refractivity contribution in [2.45, 2.75) is 13.0 Å². The Morgan fingerprint density at radius 2 is 1.88 bits per heavy atom. The Morgan fingerprint density at radius 1 is 1.12 bits per heavy atom. The number of nitrogens with one attached hydrogen (secondary N) is 1. The average Bonchev–Trinajstić information content (AvgIpc) is 2.66. The lowest BCUT2D eigenvalue weighted by molar-refractivity contribution is -0.121. The molecule has 1 amide bonds. The zero-order valence-corrected chi connectivity index (χ0v) is 15.0. The van der Waals surface area contributed by atoms with E-state index in [9.17, 15) is 4.79 Å². The number of carbonyl (C=O) groups excluding carboxylic acids is 1. The molecule has 1 aromatic carbocycles. The quantitative estimate of drug-likeness (QED) is 0.862. The highest BCUT2D eigenvalue weighted by Gasteiger charge is 2.17. The summed E-state index contributed by atoms with van der Waals surface area (Å²) in [6.45, 7) is 5.23. The molecule has 6 heteroatoms. The van der Waals surface area contributed by atoms with E-state index in [0.29, 0.717) is 18.0 Å². The molecule has 0 spiro atoms. The van der Waals surface area contributed by atoms with Crippen LogP contribution in [0.4, 0.5) is 5.69 Å². The van der Waals surface area contributed by atoms with E-state index in [1.807, 2.05) is 48.8 Å². The van der Waals surface area contributed by atoms with Crippen LogP contribution in [0.5, 0.6) is 0 Å². The number of hydrogen-bond acceptors (Lipinski definition) is 4. The molecule has 1 fully saturated rings. The van der Waals surface area contributed by atoms with Crippen LogP contribution in [0.2, 0.25) is 5.02 Å². The van der Waals surface area contributed by atoms with Crippen LogP contribution in [0.1, 0.15) is 12.0 Å². The first-order valence-electron chi connectivity index (χ1n) is 8.59. The average molecular weight is 359 g/mol. The molecule has 25 heavy (non-hydrogen) atoms. The molecule has 132 valence electrons. The fraction of sp³-hybridized carbons (Fsp3) is 0.368. The Labute approximate surface area is 153 Å². The number of anilines is 1. The van der Waals surface area contributed by atoms with Crippen LogP contribution in [-0.2, 0) is 11.3 Å². The molecule has 0 radical (unpaired) electrons. The van der Waals surface area contributed by atoms with Crippen molar-refractivity contribution in [3.05, 3.63) is 59.4 Å². The number of halogens is 1. The van der Waals surface area contributed by atoms with E-state index in [1.165, 1.54) is 5.69 Å². The Hall–Kier alpha value is -2.11. The molecule has 0 atom stereocenters. The Kier molecular flexibility index (Phi) is 6.25. The summed E-state index contributed by atoms with van der Waals surface area (Å²) in [6.07, 6.45) is 4.17. The van der Waals surface area contributed by atoms with Gasteiger partial charge in [-0.15, -0.1) is 0 Å². The molecule has 1 aromatic heterocycles. The summed E-state index contributed by atoms with van der Waals surface area (Å²) in [5.74, 6) is 0.0801. The molecule has 0 bridgehead atoms. The van der Waals surface area contributed by atoms with E-state index in [0.717, 1.165) is 38.3 Å².